The van der Waals surface area contributed by atoms with Gasteiger partial charge in [0.2, 0.25) is 0 Å². The summed E-state index contributed by atoms with van der Waals surface area (Å²) in [5, 5.41) is 2.25. The number of pyridine rings is 1. The number of aromatic nitrogens is 1. The lowest BCUT2D eigenvalue weighted by Gasteiger charge is -2.30. The molecule has 0 fully saturated rings. The first-order valence-corrected chi connectivity index (χ1v) is 7.69. The summed E-state index contributed by atoms with van der Waals surface area (Å²) >= 11 is 0. The standard InChI is InChI=1S/C18H19N3O/c1-4-20-9-10-21(13(20)3)15-5-6-17-18(12(15)2)14-11-19-8-7-16(14)22-17/h5-11,13H,4H2,1-3H3/t13-/m0/s1. The zero-order chi connectivity index (χ0) is 15.3. The number of nitrogens with zero attached hydrogens (tertiary/aromatic N) is 3. The largest absolute Gasteiger partial charge is 0.456 e. The van der Waals surface area contributed by atoms with Crippen LogP contribution in [0.5, 0.6) is 0 Å². The van der Waals surface area contributed by atoms with Crippen LogP contribution in [0.25, 0.3) is 21.9 Å². The molecule has 3 aromatic rings. The van der Waals surface area contributed by atoms with E-state index in [-0.39, 0.29) is 0 Å². The van der Waals surface area contributed by atoms with E-state index >= 15 is 0 Å². The summed E-state index contributed by atoms with van der Waals surface area (Å²) in [7, 11) is 0. The minimum absolute atomic E-state index is 0.331. The van der Waals surface area contributed by atoms with E-state index in [4.69, 9.17) is 4.42 Å². The molecule has 0 aliphatic carbocycles. The van der Waals surface area contributed by atoms with Gasteiger partial charge < -0.3 is 14.2 Å². The van der Waals surface area contributed by atoms with Gasteiger partial charge in [-0.2, -0.15) is 0 Å². The molecule has 1 aliphatic rings. The van der Waals surface area contributed by atoms with E-state index in [1.807, 2.05) is 12.3 Å². The molecule has 4 rings (SSSR count). The molecule has 0 spiro atoms. The second kappa shape index (κ2) is 4.77. The van der Waals surface area contributed by atoms with Crippen molar-refractivity contribution in [1.29, 1.82) is 0 Å². The Bertz CT molecular complexity index is 881. The second-order valence-corrected chi connectivity index (χ2v) is 5.72. The summed E-state index contributed by atoms with van der Waals surface area (Å²) in [5.41, 5.74) is 4.27. The third-order valence-electron chi connectivity index (χ3n) is 4.61. The van der Waals surface area contributed by atoms with E-state index in [1.54, 1.807) is 6.20 Å². The third kappa shape index (κ3) is 1.73. The van der Waals surface area contributed by atoms with Crippen LogP contribution in [0.4, 0.5) is 5.69 Å². The van der Waals surface area contributed by atoms with Crippen LogP contribution in [0, 0.1) is 6.92 Å². The van der Waals surface area contributed by atoms with Gasteiger partial charge in [0.15, 0.2) is 0 Å². The molecule has 112 valence electrons. The highest BCUT2D eigenvalue weighted by molar-refractivity contribution is 6.08. The number of benzene rings is 1. The van der Waals surface area contributed by atoms with Crippen LogP contribution < -0.4 is 4.90 Å². The fourth-order valence-electron chi connectivity index (χ4n) is 3.37. The lowest BCUT2D eigenvalue weighted by atomic mass is 10.1. The van der Waals surface area contributed by atoms with Gasteiger partial charge in [-0.15, -0.1) is 0 Å². The number of aryl methyl sites for hydroxylation is 1. The van der Waals surface area contributed by atoms with Gasteiger partial charge in [0.1, 0.15) is 17.3 Å². The quantitative estimate of drug-likeness (QED) is 0.707. The fraction of sp³-hybridized carbons (Fsp3) is 0.278. The number of anilines is 1. The Labute approximate surface area is 129 Å². The van der Waals surface area contributed by atoms with Crippen LogP contribution in [0.2, 0.25) is 0 Å². The van der Waals surface area contributed by atoms with Crippen molar-refractivity contribution in [3.05, 3.63) is 48.6 Å². The molecular formula is C18H19N3O. The molecule has 4 nitrogen and oxygen atoms in total. The minimum atomic E-state index is 0.331. The number of rotatable bonds is 2. The van der Waals surface area contributed by atoms with Gasteiger partial charge >= 0.3 is 0 Å². The lowest BCUT2D eigenvalue weighted by Crippen LogP contribution is -2.35. The maximum atomic E-state index is 5.93. The molecule has 0 saturated carbocycles. The summed E-state index contributed by atoms with van der Waals surface area (Å²) in [5.74, 6) is 0. The number of hydrogen-bond donors (Lipinski definition) is 0. The molecule has 1 aromatic carbocycles. The van der Waals surface area contributed by atoms with E-state index in [0.29, 0.717) is 6.17 Å². The third-order valence-corrected chi connectivity index (χ3v) is 4.61. The predicted octanol–water partition coefficient (Wildman–Crippen LogP) is 4.25. The van der Waals surface area contributed by atoms with Crippen LogP contribution in [0.1, 0.15) is 19.4 Å². The Morgan fingerprint density at radius 2 is 2.05 bits per heavy atom. The first-order chi connectivity index (χ1) is 10.7. The number of hydrogen-bond acceptors (Lipinski definition) is 4. The molecule has 2 aromatic heterocycles. The topological polar surface area (TPSA) is 32.5 Å². The minimum Gasteiger partial charge on any atom is -0.456 e. The van der Waals surface area contributed by atoms with Crippen molar-refractivity contribution in [3.8, 4) is 0 Å². The highest BCUT2D eigenvalue weighted by Gasteiger charge is 2.24. The molecule has 1 aliphatic heterocycles. The Balaban J connectivity index is 1.91. The van der Waals surface area contributed by atoms with Crippen LogP contribution >= 0.6 is 0 Å². The highest BCUT2D eigenvalue weighted by atomic mass is 16.3. The van der Waals surface area contributed by atoms with E-state index in [1.165, 1.54) is 11.3 Å². The van der Waals surface area contributed by atoms with Crippen molar-refractivity contribution in [1.82, 2.24) is 9.88 Å². The molecule has 0 saturated heterocycles. The van der Waals surface area contributed by atoms with Gasteiger partial charge in [0.05, 0.1) is 0 Å². The molecule has 0 amide bonds. The van der Waals surface area contributed by atoms with Gasteiger partial charge in [0, 0.05) is 47.8 Å². The summed E-state index contributed by atoms with van der Waals surface area (Å²) < 4.78 is 5.93. The van der Waals surface area contributed by atoms with E-state index in [9.17, 15) is 0 Å². The smallest absolute Gasteiger partial charge is 0.138 e. The average molecular weight is 293 g/mol. The maximum absolute atomic E-state index is 5.93. The average Bonchev–Trinajstić information content (AvgIpc) is 3.08. The monoisotopic (exact) mass is 293 g/mol. The highest BCUT2D eigenvalue weighted by Crippen LogP contribution is 2.37. The molecule has 0 unspecified atom stereocenters. The van der Waals surface area contributed by atoms with E-state index in [0.717, 1.165) is 28.5 Å². The number of furan rings is 1. The number of fused-ring (bicyclic) bond motifs is 3. The van der Waals surface area contributed by atoms with Gasteiger partial charge in [-0.3, -0.25) is 4.98 Å². The Morgan fingerprint density at radius 3 is 2.82 bits per heavy atom. The van der Waals surface area contributed by atoms with Gasteiger partial charge in [-0.05, 0) is 44.5 Å². The molecule has 1 atom stereocenters. The molecule has 0 N–H and O–H groups in total. The SMILES string of the molecule is CCN1C=CN(c2ccc3oc4ccncc4c3c2C)[C@H]1C. The second-order valence-electron chi connectivity index (χ2n) is 5.72. The van der Waals surface area contributed by atoms with Crippen molar-refractivity contribution in [3.63, 3.8) is 0 Å². The van der Waals surface area contributed by atoms with Crippen molar-refractivity contribution in [2.45, 2.75) is 26.9 Å². The van der Waals surface area contributed by atoms with Crippen LogP contribution in [-0.2, 0) is 0 Å². The van der Waals surface area contributed by atoms with Gasteiger partial charge in [-0.25, -0.2) is 0 Å². The van der Waals surface area contributed by atoms with Crippen molar-refractivity contribution in [2.75, 3.05) is 11.4 Å². The van der Waals surface area contributed by atoms with Crippen LogP contribution in [0.3, 0.4) is 0 Å². The zero-order valence-electron chi connectivity index (χ0n) is 13.1. The molecule has 0 bridgehead atoms. The normalized spacial score (nSPS) is 18.0. The van der Waals surface area contributed by atoms with Crippen LogP contribution in [-0.4, -0.2) is 22.6 Å². The summed E-state index contributed by atoms with van der Waals surface area (Å²) in [6.07, 6.45) is 8.30. The molecular weight excluding hydrogens is 274 g/mol. The first-order valence-electron chi connectivity index (χ1n) is 7.69. The zero-order valence-corrected chi connectivity index (χ0v) is 13.1. The summed E-state index contributed by atoms with van der Waals surface area (Å²) in [6, 6.07) is 6.13. The van der Waals surface area contributed by atoms with E-state index < -0.39 is 0 Å². The van der Waals surface area contributed by atoms with E-state index in [2.05, 4.69) is 60.1 Å². The fourth-order valence-corrected chi connectivity index (χ4v) is 3.37. The van der Waals surface area contributed by atoms with Crippen molar-refractivity contribution >= 4 is 27.6 Å². The lowest BCUT2D eigenvalue weighted by molar-refractivity contribution is 0.335. The first kappa shape index (κ1) is 13.2. The molecule has 22 heavy (non-hydrogen) atoms. The Hall–Kier alpha value is -2.49. The Morgan fingerprint density at radius 1 is 1.18 bits per heavy atom. The maximum Gasteiger partial charge on any atom is 0.138 e. The van der Waals surface area contributed by atoms with Crippen molar-refractivity contribution in [2.24, 2.45) is 0 Å². The molecule has 4 heteroatoms. The Kier molecular flexibility index (Phi) is 2.86. The van der Waals surface area contributed by atoms with Crippen molar-refractivity contribution < 1.29 is 4.42 Å². The summed E-state index contributed by atoms with van der Waals surface area (Å²) in [6.45, 7) is 7.57. The summed E-state index contributed by atoms with van der Waals surface area (Å²) in [4.78, 5) is 8.88. The van der Waals surface area contributed by atoms with Gasteiger partial charge in [0.25, 0.3) is 0 Å². The van der Waals surface area contributed by atoms with Gasteiger partial charge in [-0.1, -0.05) is 0 Å². The van der Waals surface area contributed by atoms with Crippen LogP contribution in [0.15, 0.2) is 47.4 Å². The molecule has 3 heterocycles. The molecule has 0 radical (unpaired) electrons. The predicted molar refractivity (Wildman–Crippen MR) is 89.7 cm³/mol.